The largest absolute Gasteiger partial charge is 0.454 e. The molecule has 0 aliphatic heterocycles. The van der Waals surface area contributed by atoms with Crippen LogP contribution in [-0.4, -0.2) is 0 Å². The van der Waals surface area contributed by atoms with E-state index in [4.69, 9.17) is 74.3 Å². The van der Waals surface area contributed by atoms with E-state index < -0.39 is 5.82 Å². The van der Waals surface area contributed by atoms with Crippen LogP contribution in [0.15, 0.2) is 138 Å². The summed E-state index contributed by atoms with van der Waals surface area (Å²) in [5.74, 6) is -0.731. The fourth-order valence-electron chi connectivity index (χ4n) is 9.48. The summed E-state index contributed by atoms with van der Waals surface area (Å²) >= 11 is 44.7. The Morgan fingerprint density at radius 3 is 1.90 bits per heavy atom. The Morgan fingerprint density at radius 1 is 0.493 bits per heavy atom. The fraction of sp³-hybridized carbons (Fsp3) is 0.186. The van der Waals surface area contributed by atoms with Gasteiger partial charge in [-0.1, -0.05) is 182 Å². The van der Waals surface area contributed by atoms with Crippen molar-refractivity contribution in [3.05, 3.63) is 263 Å². The molecule has 0 saturated carbocycles. The molecule has 69 heavy (non-hydrogen) atoms. The third-order valence-corrected chi connectivity index (χ3v) is 15.7. The van der Waals surface area contributed by atoms with Crippen molar-refractivity contribution < 1.29 is 13.5 Å². The van der Waals surface area contributed by atoms with Crippen LogP contribution in [0.25, 0.3) is 0 Å². The normalized spacial score (nSPS) is 11.8. The van der Waals surface area contributed by atoms with Gasteiger partial charge in [0.1, 0.15) is 11.6 Å². The monoisotopic (exact) mass is 1100 g/mol. The zero-order valence-corrected chi connectivity index (χ0v) is 44.5. The Morgan fingerprint density at radius 2 is 1.17 bits per heavy atom. The molecule has 0 bridgehead atoms. The molecule has 0 N–H and O–H groups in total. The topological polar surface area (TPSA) is 9.23 Å². The minimum atomic E-state index is -0.548. The van der Waals surface area contributed by atoms with Crippen LogP contribution in [-0.2, 0) is 38.5 Å². The maximum Gasteiger partial charge on any atom is 0.165 e. The quantitative estimate of drug-likeness (QED) is 0.0994. The van der Waals surface area contributed by atoms with Crippen molar-refractivity contribution in [1.82, 2.24) is 0 Å². The first-order valence-corrected chi connectivity index (χ1v) is 25.6. The second kappa shape index (κ2) is 22.4. The summed E-state index contributed by atoms with van der Waals surface area (Å²) in [6.07, 6.45) is 2.13. The number of para-hydroxylation sites is 1. The van der Waals surface area contributed by atoms with Crippen LogP contribution in [0.3, 0.4) is 0 Å². The Hall–Kier alpha value is -4.36. The third kappa shape index (κ3) is 12.1. The Labute approximate surface area is 442 Å². The summed E-state index contributed by atoms with van der Waals surface area (Å²) in [6, 6.07) is 41.5. The molecule has 0 saturated heterocycles. The predicted octanol–water partition coefficient (Wildman–Crippen LogP) is 19.6. The Balaban J connectivity index is 1.59. The van der Waals surface area contributed by atoms with E-state index in [0.29, 0.717) is 66.3 Å². The molecule has 8 rings (SSSR count). The van der Waals surface area contributed by atoms with Crippen molar-refractivity contribution in [3.63, 3.8) is 0 Å². The van der Waals surface area contributed by atoms with Crippen LogP contribution in [0, 0.1) is 39.3 Å². The van der Waals surface area contributed by atoms with Crippen LogP contribution in [0.1, 0.15) is 89.4 Å². The highest BCUT2D eigenvalue weighted by molar-refractivity contribution is 9.10. The average Bonchev–Trinajstić information content (AvgIpc) is 3.29. The molecular formula is C59H47BrCl6F2O. The number of ether oxygens (including phenoxy) is 1. The molecule has 0 fully saturated rings. The first-order chi connectivity index (χ1) is 33.0. The lowest BCUT2D eigenvalue weighted by atomic mass is 9.74. The summed E-state index contributed by atoms with van der Waals surface area (Å²) in [4.78, 5) is 0. The van der Waals surface area contributed by atoms with Gasteiger partial charge in [0.25, 0.3) is 0 Å². The lowest BCUT2D eigenvalue weighted by Crippen LogP contribution is -2.19. The SMILES string of the molecule is Cc1cc(C)cc(CC(Cc2cccc(Cl)c2Cl)c2c(Cc3ccc(Br)c(C)c3)c(Cc3cccc(C)c3F)c(Cc3ccc(Cl)c(Cl)c3)c(Oc3ccccc3F)c2Cc2ccc(Cl)cc2Cl)c1. The van der Waals surface area contributed by atoms with E-state index >= 15 is 8.78 Å². The number of aryl methyl sites for hydroxylation is 4. The molecule has 0 aromatic heterocycles. The second-order valence-corrected chi connectivity index (χ2v) is 21.1. The number of hydrogen-bond donors (Lipinski definition) is 0. The summed E-state index contributed by atoms with van der Waals surface area (Å²) in [5, 5.41) is 2.61. The summed E-state index contributed by atoms with van der Waals surface area (Å²) in [7, 11) is 0. The minimum absolute atomic E-state index is 0.0232. The summed E-state index contributed by atoms with van der Waals surface area (Å²) in [6.45, 7) is 8.03. The molecule has 352 valence electrons. The smallest absolute Gasteiger partial charge is 0.165 e. The molecular weight excluding hydrogens is 1060 g/mol. The molecule has 8 aromatic rings. The van der Waals surface area contributed by atoms with Crippen molar-refractivity contribution in [2.24, 2.45) is 0 Å². The van der Waals surface area contributed by atoms with Crippen LogP contribution in [0.5, 0.6) is 11.5 Å². The molecule has 0 aliphatic rings. The second-order valence-electron chi connectivity index (χ2n) is 17.8. The van der Waals surface area contributed by atoms with Gasteiger partial charge in [-0.2, -0.15) is 0 Å². The van der Waals surface area contributed by atoms with Gasteiger partial charge in [0.05, 0.1) is 20.1 Å². The van der Waals surface area contributed by atoms with Crippen molar-refractivity contribution in [3.8, 4) is 11.5 Å². The van der Waals surface area contributed by atoms with Gasteiger partial charge in [-0.25, -0.2) is 8.78 Å². The Bertz CT molecular complexity index is 3200. The van der Waals surface area contributed by atoms with Crippen molar-refractivity contribution >= 4 is 85.5 Å². The molecule has 1 unspecified atom stereocenters. The van der Waals surface area contributed by atoms with Gasteiger partial charge in [-0.3, -0.25) is 0 Å². The van der Waals surface area contributed by atoms with Crippen LogP contribution in [0.2, 0.25) is 30.1 Å². The number of hydrogen-bond acceptors (Lipinski definition) is 1. The molecule has 1 nitrogen and oxygen atoms in total. The molecule has 1 atom stereocenters. The van der Waals surface area contributed by atoms with E-state index in [-0.39, 0.29) is 36.7 Å². The maximum absolute atomic E-state index is 16.8. The standard InChI is InChI=1S/C59H47BrCl6F2O/c1-33-21-34(2)23-39(22-33)25-43(29-41-10-8-12-51(63)57(41)66)56-46(26-37-15-19-49(60)36(4)24-37)45(31-42-11-7-9-35(3)58(42)68)47(27-38-16-20-50(62)53(65)28-38)59(69-55-14-6-5-13-54(55)67)48(56)30-40-17-18-44(61)32-52(40)64/h5-24,28,32,43H,25-27,29-31H2,1-4H3. The van der Waals surface area contributed by atoms with Gasteiger partial charge < -0.3 is 4.74 Å². The zero-order valence-electron chi connectivity index (χ0n) is 38.3. The van der Waals surface area contributed by atoms with Crippen LogP contribution in [0.4, 0.5) is 8.78 Å². The van der Waals surface area contributed by atoms with E-state index in [1.54, 1.807) is 49.4 Å². The van der Waals surface area contributed by atoms with Crippen LogP contribution < -0.4 is 4.74 Å². The minimum Gasteiger partial charge on any atom is -0.454 e. The highest BCUT2D eigenvalue weighted by Gasteiger charge is 2.32. The van der Waals surface area contributed by atoms with Gasteiger partial charge >= 0.3 is 0 Å². The van der Waals surface area contributed by atoms with Gasteiger partial charge in [-0.15, -0.1) is 0 Å². The van der Waals surface area contributed by atoms with E-state index in [1.807, 2.05) is 48.5 Å². The van der Waals surface area contributed by atoms with Crippen LogP contribution >= 0.6 is 85.5 Å². The number of halogens is 9. The van der Waals surface area contributed by atoms with E-state index in [2.05, 4.69) is 73.1 Å². The molecule has 10 heteroatoms. The highest BCUT2D eigenvalue weighted by atomic mass is 79.9. The zero-order chi connectivity index (χ0) is 49.1. The van der Waals surface area contributed by atoms with Crippen molar-refractivity contribution in [2.45, 2.75) is 72.1 Å². The van der Waals surface area contributed by atoms with E-state index in [0.717, 1.165) is 76.8 Å². The van der Waals surface area contributed by atoms with Crippen molar-refractivity contribution in [2.75, 3.05) is 0 Å². The molecule has 0 spiro atoms. The predicted molar refractivity (Wildman–Crippen MR) is 290 cm³/mol. The maximum atomic E-state index is 16.8. The lowest BCUT2D eigenvalue weighted by Gasteiger charge is -2.32. The van der Waals surface area contributed by atoms with Gasteiger partial charge in [0, 0.05) is 44.9 Å². The van der Waals surface area contributed by atoms with Gasteiger partial charge in [0.2, 0.25) is 0 Å². The van der Waals surface area contributed by atoms with Gasteiger partial charge in [0.15, 0.2) is 11.6 Å². The molecule has 0 heterocycles. The molecule has 0 aliphatic carbocycles. The third-order valence-electron chi connectivity index (χ3n) is 12.6. The van der Waals surface area contributed by atoms with E-state index in [1.165, 1.54) is 6.07 Å². The first-order valence-electron chi connectivity index (χ1n) is 22.5. The molecule has 0 amide bonds. The van der Waals surface area contributed by atoms with E-state index in [9.17, 15) is 0 Å². The number of benzene rings is 8. The average molecular weight is 1100 g/mol. The van der Waals surface area contributed by atoms with Crippen molar-refractivity contribution in [1.29, 1.82) is 0 Å². The molecule has 0 radical (unpaired) electrons. The lowest BCUT2D eigenvalue weighted by molar-refractivity contribution is 0.432. The highest BCUT2D eigenvalue weighted by Crippen LogP contribution is 2.48. The fourth-order valence-corrected chi connectivity index (χ4v) is 10.9. The number of rotatable bonds is 15. The summed E-state index contributed by atoms with van der Waals surface area (Å²) < 4.78 is 41.2. The molecule has 8 aromatic carbocycles. The Kier molecular flexibility index (Phi) is 16.5. The first kappa shape index (κ1) is 51.0. The summed E-state index contributed by atoms with van der Waals surface area (Å²) in [5.41, 5.74) is 13.2. The van der Waals surface area contributed by atoms with Gasteiger partial charge in [-0.05, 0) is 163 Å².